The van der Waals surface area contributed by atoms with E-state index in [1.165, 1.54) is 6.26 Å². The van der Waals surface area contributed by atoms with Crippen molar-refractivity contribution in [2.75, 3.05) is 32.8 Å². The smallest absolute Gasteiger partial charge is 0.394 e. The number of carbonyl (C=O) groups excluding carboxylic acids is 2. The Kier molecular flexibility index (Phi) is 4.97. The maximum Gasteiger partial charge on any atom is 0.394 e. The fourth-order valence-electron chi connectivity index (χ4n) is 3.40. The fraction of sp³-hybridized carbons (Fsp3) is 0.286. The SMILES string of the molecule is CCOc1nc(C(=O)N2CCN(C(=O)c3cccc4ccccc34)CC2)co1. The second-order valence-corrected chi connectivity index (χ2v) is 6.54. The first-order chi connectivity index (χ1) is 13.7. The second-order valence-electron chi connectivity index (χ2n) is 6.54. The Balaban J connectivity index is 1.43. The molecule has 1 fully saturated rings. The van der Waals surface area contributed by atoms with E-state index in [1.807, 2.05) is 49.4 Å². The van der Waals surface area contributed by atoms with Gasteiger partial charge in [-0.15, -0.1) is 0 Å². The number of benzene rings is 2. The molecule has 1 aliphatic heterocycles. The highest BCUT2D eigenvalue weighted by molar-refractivity contribution is 6.07. The standard InChI is InChI=1S/C21H21N3O4/c1-2-27-21-22-18(14-28-21)20(26)24-12-10-23(11-13-24)19(25)17-9-5-7-15-6-3-4-8-16(15)17/h3-9,14H,2,10-13H2,1H3. The lowest BCUT2D eigenvalue weighted by Gasteiger charge is -2.34. The molecule has 4 rings (SSSR count). The zero-order chi connectivity index (χ0) is 19.5. The second kappa shape index (κ2) is 7.72. The summed E-state index contributed by atoms with van der Waals surface area (Å²) < 4.78 is 10.3. The van der Waals surface area contributed by atoms with Crippen LogP contribution < -0.4 is 4.74 Å². The molecule has 144 valence electrons. The number of ether oxygens (including phenoxy) is 1. The minimum atomic E-state index is -0.216. The van der Waals surface area contributed by atoms with Crippen LogP contribution in [-0.2, 0) is 0 Å². The van der Waals surface area contributed by atoms with Gasteiger partial charge in [0.25, 0.3) is 11.8 Å². The van der Waals surface area contributed by atoms with E-state index in [-0.39, 0.29) is 23.6 Å². The summed E-state index contributed by atoms with van der Waals surface area (Å²) in [6, 6.07) is 13.6. The molecular weight excluding hydrogens is 358 g/mol. The van der Waals surface area contributed by atoms with E-state index in [0.29, 0.717) is 38.3 Å². The first kappa shape index (κ1) is 18.0. The zero-order valence-corrected chi connectivity index (χ0v) is 15.6. The molecule has 2 amide bonds. The number of hydrogen-bond acceptors (Lipinski definition) is 5. The average molecular weight is 379 g/mol. The van der Waals surface area contributed by atoms with Crippen LogP contribution in [0.5, 0.6) is 6.08 Å². The van der Waals surface area contributed by atoms with Crippen molar-refractivity contribution in [2.24, 2.45) is 0 Å². The lowest BCUT2D eigenvalue weighted by Crippen LogP contribution is -2.50. The highest BCUT2D eigenvalue weighted by atomic mass is 16.6. The molecule has 2 heterocycles. The normalized spacial score (nSPS) is 14.3. The van der Waals surface area contributed by atoms with Crippen molar-refractivity contribution in [3.8, 4) is 6.08 Å². The molecule has 28 heavy (non-hydrogen) atoms. The summed E-state index contributed by atoms with van der Waals surface area (Å²) in [5.74, 6) is -0.226. The average Bonchev–Trinajstić information content (AvgIpc) is 3.21. The first-order valence-corrected chi connectivity index (χ1v) is 9.32. The van der Waals surface area contributed by atoms with Gasteiger partial charge in [-0.3, -0.25) is 9.59 Å². The molecule has 0 aliphatic carbocycles. The Hall–Kier alpha value is -3.35. The zero-order valence-electron chi connectivity index (χ0n) is 15.6. The summed E-state index contributed by atoms with van der Waals surface area (Å²) in [5.41, 5.74) is 0.910. The van der Waals surface area contributed by atoms with E-state index in [2.05, 4.69) is 4.98 Å². The van der Waals surface area contributed by atoms with Gasteiger partial charge in [-0.05, 0) is 23.8 Å². The van der Waals surface area contributed by atoms with Gasteiger partial charge in [-0.25, -0.2) is 0 Å². The number of amides is 2. The molecule has 1 aromatic heterocycles. The molecule has 1 saturated heterocycles. The molecule has 7 nitrogen and oxygen atoms in total. The van der Waals surface area contributed by atoms with Gasteiger partial charge in [-0.2, -0.15) is 4.98 Å². The summed E-state index contributed by atoms with van der Waals surface area (Å²) in [5, 5.41) is 1.98. The maximum atomic E-state index is 13.0. The lowest BCUT2D eigenvalue weighted by molar-refractivity contribution is 0.0533. The summed E-state index contributed by atoms with van der Waals surface area (Å²) in [6.45, 7) is 4.09. The number of carbonyl (C=O) groups is 2. The Morgan fingerprint density at radius 3 is 2.43 bits per heavy atom. The molecule has 0 spiro atoms. The van der Waals surface area contributed by atoms with Gasteiger partial charge in [-0.1, -0.05) is 36.4 Å². The van der Waals surface area contributed by atoms with Gasteiger partial charge >= 0.3 is 6.08 Å². The molecule has 1 aliphatic rings. The molecule has 0 atom stereocenters. The van der Waals surface area contributed by atoms with Gasteiger partial charge in [0.05, 0.1) is 6.61 Å². The molecule has 0 bridgehead atoms. The van der Waals surface area contributed by atoms with Gasteiger partial charge in [0.15, 0.2) is 5.69 Å². The van der Waals surface area contributed by atoms with Crippen molar-refractivity contribution in [1.82, 2.24) is 14.8 Å². The van der Waals surface area contributed by atoms with Crippen molar-refractivity contribution >= 4 is 22.6 Å². The Morgan fingerprint density at radius 1 is 1.00 bits per heavy atom. The minimum absolute atomic E-state index is 0.0102. The lowest BCUT2D eigenvalue weighted by atomic mass is 10.0. The summed E-state index contributed by atoms with van der Waals surface area (Å²) in [4.78, 5) is 33.1. The summed E-state index contributed by atoms with van der Waals surface area (Å²) >= 11 is 0. The van der Waals surface area contributed by atoms with Crippen LogP contribution in [-0.4, -0.2) is 59.4 Å². The van der Waals surface area contributed by atoms with E-state index < -0.39 is 0 Å². The number of nitrogens with zero attached hydrogens (tertiary/aromatic N) is 3. The quantitative estimate of drug-likeness (QED) is 0.697. The molecular formula is C21H21N3O4. The number of aromatic nitrogens is 1. The highest BCUT2D eigenvalue weighted by Crippen LogP contribution is 2.21. The Morgan fingerprint density at radius 2 is 1.68 bits per heavy atom. The third kappa shape index (κ3) is 3.43. The molecule has 0 unspecified atom stereocenters. The topological polar surface area (TPSA) is 75.9 Å². The molecule has 2 aromatic carbocycles. The number of piperazine rings is 1. The van der Waals surface area contributed by atoms with E-state index in [4.69, 9.17) is 9.15 Å². The Bertz CT molecular complexity index is 1000. The molecule has 7 heteroatoms. The van der Waals surface area contributed by atoms with Crippen LogP contribution in [0.2, 0.25) is 0 Å². The summed E-state index contributed by atoms with van der Waals surface area (Å²) in [6.07, 6.45) is 1.40. The minimum Gasteiger partial charge on any atom is -0.450 e. The van der Waals surface area contributed by atoms with Gasteiger partial charge in [0.1, 0.15) is 6.26 Å². The van der Waals surface area contributed by atoms with Crippen molar-refractivity contribution < 1.29 is 18.7 Å². The Labute approximate surface area is 162 Å². The maximum absolute atomic E-state index is 13.0. The van der Waals surface area contributed by atoms with Crippen molar-refractivity contribution in [1.29, 1.82) is 0 Å². The predicted molar refractivity (Wildman–Crippen MR) is 103 cm³/mol. The van der Waals surface area contributed by atoms with Crippen LogP contribution >= 0.6 is 0 Å². The number of rotatable bonds is 4. The largest absolute Gasteiger partial charge is 0.450 e. The van der Waals surface area contributed by atoms with Crippen LogP contribution in [0, 0.1) is 0 Å². The number of fused-ring (bicyclic) bond motifs is 1. The highest BCUT2D eigenvalue weighted by Gasteiger charge is 2.27. The first-order valence-electron chi connectivity index (χ1n) is 9.32. The van der Waals surface area contributed by atoms with Crippen LogP contribution in [0.1, 0.15) is 27.8 Å². The van der Waals surface area contributed by atoms with Crippen LogP contribution in [0.3, 0.4) is 0 Å². The van der Waals surface area contributed by atoms with Crippen LogP contribution in [0.25, 0.3) is 10.8 Å². The van der Waals surface area contributed by atoms with Gasteiger partial charge in [0.2, 0.25) is 0 Å². The van der Waals surface area contributed by atoms with Gasteiger partial charge in [0, 0.05) is 31.7 Å². The molecule has 0 radical (unpaired) electrons. The monoisotopic (exact) mass is 379 g/mol. The van der Waals surface area contributed by atoms with Gasteiger partial charge < -0.3 is 19.0 Å². The van der Waals surface area contributed by atoms with E-state index in [1.54, 1.807) is 9.80 Å². The third-order valence-corrected chi connectivity index (χ3v) is 4.84. The van der Waals surface area contributed by atoms with Crippen LogP contribution in [0.4, 0.5) is 0 Å². The van der Waals surface area contributed by atoms with E-state index in [9.17, 15) is 9.59 Å². The van der Waals surface area contributed by atoms with E-state index in [0.717, 1.165) is 10.8 Å². The predicted octanol–water partition coefficient (Wildman–Crippen LogP) is 2.82. The number of hydrogen-bond donors (Lipinski definition) is 0. The van der Waals surface area contributed by atoms with Crippen molar-refractivity contribution in [3.05, 3.63) is 60.0 Å². The fourth-order valence-corrected chi connectivity index (χ4v) is 3.40. The van der Waals surface area contributed by atoms with Crippen LogP contribution in [0.15, 0.2) is 53.1 Å². The third-order valence-electron chi connectivity index (χ3n) is 4.84. The summed E-state index contributed by atoms with van der Waals surface area (Å²) in [7, 11) is 0. The molecule has 0 N–H and O–H groups in total. The number of oxazole rings is 1. The van der Waals surface area contributed by atoms with Crippen molar-refractivity contribution in [3.63, 3.8) is 0 Å². The van der Waals surface area contributed by atoms with E-state index >= 15 is 0 Å². The van der Waals surface area contributed by atoms with Crippen molar-refractivity contribution in [2.45, 2.75) is 6.92 Å². The molecule has 3 aromatic rings. The molecule has 0 saturated carbocycles.